The first-order chi connectivity index (χ1) is 8.69. The van der Waals surface area contributed by atoms with Crippen molar-refractivity contribution in [2.75, 3.05) is 21.3 Å². The summed E-state index contributed by atoms with van der Waals surface area (Å²) in [5, 5.41) is 0.811. The quantitative estimate of drug-likeness (QED) is 0.777. The van der Waals surface area contributed by atoms with Gasteiger partial charge in [0.25, 0.3) is 0 Å². The topological polar surface area (TPSA) is 57.7 Å². The Morgan fingerprint density at radius 2 is 1.89 bits per heavy atom. The molecule has 0 radical (unpaired) electrons. The lowest BCUT2D eigenvalue weighted by atomic mass is 10.1. The van der Waals surface area contributed by atoms with Crippen LogP contribution in [0.25, 0.3) is 10.9 Å². The average Bonchev–Trinajstić information content (AvgIpc) is 2.44. The number of rotatable bonds is 3. The van der Waals surface area contributed by atoms with Crippen molar-refractivity contribution in [2.45, 2.75) is 0 Å². The van der Waals surface area contributed by atoms with Crippen molar-refractivity contribution in [3.63, 3.8) is 0 Å². The number of pyridine rings is 1. The molecule has 2 aromatic rings. The van der Waals surface area contributed by atoms with Gasteiger partial charge in [0.15, 0.2) is 0 Å². The number of nitrogens with zero attached hydrogens (tertiary/aromatic N) is 1. The van der Waals surface area contributed by atoms with Gasteiger partial charge in [-0.2, -0.15) is 0 Å². The third-order valence-electron chi connectivity index (χ3n) is 2.59. The van der Waals surface area contributed by atoms with Gasteiger partial charge < -0.3 is 14.2 Å². The minimum atomic E-state index is -0.473. The van der Waals surface area contributed by atoms with Crippen LogP contribution >= 0.6 is 0 Å². The summed E-state index contributed by atoms with van der Waals surface area (Å²) in [5.74, 6) is 0.792. The first kappa shape index (κ1) is 12.2. The highest BCUT2D eigenvalue weighted by Gasteiger charge is 2.11. The summed E-state index contributed by atoms with van der Waals surface area (Å²) < 4.78 is 15.1. The van der Waals surface area contributed by atoms with Crippen molar-refractivity contribution in [3.05, 3.63) is 30.0 Å². The number of fused-ring (bicyclic) bond motifs is 1. The van der Waals surface area contributed by atoms with Crippen molar-refractivity contribution in [2.24, 2.45) is 0 Å². The lowest BCUT2D eigenvalue weighted by molar-refractivity contribution is 0.0594. The number of ether oxygens (including phenoxy) is 3. The minimum Gasteiger partial charge on any atom is -0.497 e. The van der Waals surface area contributed by atoms with Gasteiger partial charge in [0.2, 0.25) is 0 Å². The lowest BCUT2D eigenvalue weighted by Crippen LogP contribution is -2.04. The molecule has 2 rings (SSSR count). The summed E-state index contributed by atoms with van der Waals surface area (Å²) in [6.07, 6.45) is 0. The monoisotopic (exact) mass is 247 g/mol. The van der Waals surface area contributed by atoms with E-state index >= 15 is 0 Å². The molecule has 5 heteroatoms. The van der Waals surface area contributed by atoms with Crippen molar-refractivity contribution in [1.82, 2.24) is 4.98 Å². The van der Waals surface area contributed by atoms with Gasteiger partial charge in [0.05, 0.1) is 26.8 Å². The third kappa shape index (κ3) is 2.07. The van der Waals surface area contributed by atoms with Crippen LogP contribution in [0.1, 0.15) is 10.5 Å². The van der Waals surface area contributed by atoms with Gasteiger partial charge in [0.1, 0.15) is 17.2 Å². The maximum Gasteiger partial charge on any atom is 0.356 e. The molecule has 1 aromatic carbocycles. The molecule has 0 aliphatic heterocycles. The van der Waals surface area contributed by atoms with Crippen LogP contribution < -0.4 is 9.47 Å². The molecular weight excluding hydrogens is 234 g/mol. The molecule has 0 bridgehead atoms. The van der Waals surface area contributed by atoms with Crippen molar-refractivity contribution < 1.29 is 19.0 Å². The average molecular weight is 247 g/mol. The summed E-state index contributed by atoms with van der Waals surface area (Å²) in [5.41, 5.74) is 0.870. The van der Waals surface area contributed by atoms with E-state index in [0.717, 1.165) is 5.39 Å². The van der Waals surface area contributed by atoms with Gasteiger partial charge in [-0.05, 0) is 12.1 Å². The van der Waals surface area contributed by atoms with Crippen LogP contribution in [0.5, 0.6) is 11.5 Å². The normalized spacial score (nSPS) is 10.2. The number of benzene rings is 1. The summed E-state index contributed by atoms with van der Waals surface area (Å²) in [4.78, 5) is 15.6. The fourth-order valence-electron chi connectivity index (χ4n) is 1.68. The predicted molar refractivity (Wildman–Crippen MR) is 66.2 cm³/mol. The van der Waals surface area contributed by atoms with E-state index in [2.05, 4.69) is 9.72 Å². The van der Waals surface area contributed by atoms with Crippen LogP contribution in [0.2, 0.25) is 0 Å². The largest absolute Gasteiger partial charge is 0.497 e. The van der Waals surface area contributed by atoms with Crippen molar-refractivity contribution >= 4 is 16.9 Å². The molecule has 0 spiro atoms. The van der Waals surface area contributed by atoms with E-state index in [1.54, 1.807) is 38.5 Å². The Kier molecular flexibility index (Phi) is 3.32. The highest BCUT2D eigenvalue weighted by atomic mass is 16.5. The van der Waals surface area contributed by atoms with Crippen LogP contribution in [0.3, 0.4) is 0 Å². The summed E-state index contributed by atoms with van der Waals surface area (Å²) in [6, 6.07) is 6.88. The zero-order chi connectivity index (χ0) is 13.1. The summed E-state index contributed by atoms with van der Waals surface area (Å²) in [7, 11) is 4.45. The second-order valence-electron chi connectivity index (χ2n) is 3.58. The number of esters is 1. The Balaban J connectivity index is 2.64. The smallest absolute Gasteiger partial charge is 0.356 e. The Morgan fingerprint density at radius 1 is 1.11 bits per heavy atom. The Bertz CT molecular complexity index is 595. The van der Waals surface area contributed by atoms with Gasteiger partial charge in [-0.25, -0.2) is 9.78 Å². The van der Waals surface area contributed by atoms with E-state index in [1.807, 2.05) is 0 Å². The molecule has 1 aromatic heterocycles. The van der Waals surface area contributed by atoms with Gasteiger partial charge in [0, 0.05) is 17.5 Å². The second kappa shape index (κ2) is 4.91. The lowest BCUT2D eigenvalue weighted by Gasteiger charge is -2.08. The highest BCUT2D eigenvalue weighted by molar-refractivity contribution is 5.93. The molecule has 0 N–H and O–H groups in total. The molecule has 0 aliphatic carbocycles. The maximum atomic E-state index is 11.4. The van der Waals surface area contributed by atoms with E-state index in [1.165, 1.54) is 7.11 Å². The Hall–Kier alpha value is -2.30. The standard InChI is InChI=1S/C13H13NO4/c1-16-8-6-11-9(12(7-8)17-2)4-5-10(14-11)13(15)18-3/h4-7H,1-3H3. The van der Waals surface area contributed by atoms with Gasteiger partial charge in [-0.3, -0.25) is 0 Å². The van der Waals surface area contributed by atoms with Crippen LogP contribution in [0, 0.1) is 0 Å². The molecule has 0 unspecified atom stereocenters. The predicted octanol–water partition coefficient (Wildman–Crippen LogP) is 2.04. The van der Waals surface area contributed by atoms with Crippen LogP contribution in [-0.4, -0.2) is 32.3 Å². The molecular formula is C13H13NO4. The molecule has 94 valence electrons. The molecule has 0 saturated carbocycles. The first-order valence-corrected chi connectivity index (χ1v) is 5.30. The number of carbonyl (C=O) groups excluding carboxylic acids is 1. The molecule has 0 atom stereocenters. The fraction of sp³-hybridized carbons (Fsp3) is 0.231. The first-order valence-electron chi connectivity index (χ1n) is 5.30. The van der Waals surface area contributed by atoms with Crippen molar-refractivity contribution in [3.8, 4) is 11.5 Å². The van der Waals surface area contributed by atoms with E-state index < -0.39 is 5.97 Å². The SMILES string of the molecule is COC(=O)c1ccc2c(OC)cc(OC)cc2n1. The highest BCUT2D eigenvalue weighted by Crippen LogP contribution is 2.30. The maximum absolute atomic E-state index is 11.4. The molecule has 0 aliphatic rings. The van der Waals surface area contributed by atoms with Gasteiger partial charge in [-0.1, -0.05) is 0 Å². The van der Waals surface area contributed by atoms with E-state index in [9.17, 15) is 4.79 Å². The Labute approximate surface area is 104 Å². The molecule has 0 amide bonds. The molecule has 0 fully saturated rings. The fourth-order valence-corrected chi connectivity index (χ4v) is 1.68. The van der Waals surface area contributed by atoms with Crippen LogP contribution in [0.15, 0.2) is 24.3 Å². The zero-order valence-electron chi connectivity index (χ0n) is 10.4. The number of hydrogen-bond acceptors (Lipinski definition) is 5. The minimum absolute atomic E-state index is 0.250. The second-order valence-corrected chi connectivity index (χ2v) is 3.58. The van der Waals surface area contributed by atoms with Gasteiger partial charge in [-0.15, -0.1) is 0 Å². The molecule has 5 nitrogen and oxygen atoms in total. The van der Waals surface area contributed by atoms with Crippen LogP contribution in [0.4, 0.5) is 0 Å². The van der Waals surface area contributed by atoms with E-state index in [-0.39, 0.29) is 5.69 Å². The van der Waals surface area contributed by atoms with Crippen molar-refractivity contribution in [1.29, 1.82) is 0 Å². The number of carbonyl (C=O) groups is 1. The van der Waals surface area contributed by atoms with Gasteiger partial charge >= 0.3 is 5.97 Å². The number of hydrogen-bond donors (Lipinski definition) is 0. The summed E-state index contributed by atoms with van der Waals surface area (Å²) in [6.45, 7) is 0. The zero-order valence-corrected chi connectivity index (χ0v) is 10.4. The Morgan fingerprint density at radius 3 is 2.50 bits per heavy atom. The van der Waals surface area contributed by atoms with E-state index in [0.29, 0.717) is 17.0 Å². The van der Waals surface area contributed by atoms with Crippen LogP contribution in [-0.2, 0) is 4.74 Å². The molecule has 18 heavy (non-hydrogen) atoms. The van der Waals surface area contributed by atoms with E-state index in [4.69, 9.17) is 9.47 Å². The number of methoxy groups -OCH3 is 3. The third-order valence-corrected chi connectivity index (χ3v) is 2.59. The number of aromatic nitrogens is 1. The molecule has 1 heterocycles. The summed E-state index contributed by atoms with van der Waals surface area (Å²) >= 11 is 0. The molecule has 0 saturated heterocycles.